The van der Waals surface area contributed by atoms with Crippen molar-refractivity contribution in [2.75, 3.05) is 27.2 Å². The van der Waals surface area contributed by atoms with E-state index in [1.807, 2.05) is 26.2 Å². The normalized spacial score (nSPS) is 15.8. The Morgan fingerprint density at radius 3 is 2.53 bits per heavy atom. The predicted molar refractivity (Wildman–Crippen MR) is 123 cm³/mol. The lowest BCUT2D eigenvalue weighted by molar-refractivity contribution is 0.0951. The van der Waals surface area contributed by atoms with Crippen LogP contribution in [0, 0.1) is 5.92 Å². The van der Waals surface area contributed by atoms with E-state index < -0.39 is 0 Å². The summed E-state index contributed by atoms with van der Waals surface area (Å²) in [5.41, 5.74) is 7.15. The number of hydrogen-bond acceptors (Lipinski definition) is 2. The van der Waals surface area contributed by atoms with Crippen LogP contribution in [0.2, 0.25) is 0 Å². The minimum atomic E-state index is -0.0185. The van der Waals surface area contributed by atoms with Crippen molar-refractivity contribution in [2.24, 2.45) is 5.92 Å². The molecular weight excluding hydrogens is 370 g/mol. The second-order valence-corrected chi connectivity index (χ2v) is 8.66. The molecule has 1 heterocycles. The highest BCUT2D eigenvalue weighted by Crippen LogP contribution is 2.35. The lowest BCUT2D eigenvalue weighted by atomic mass is 9.89. The number of aromatic nitrogens is 1. The zero-order valence-electron chi connectivity index (χ0n) is 18.2. The number of nitrogens with zero attached hydrogens (tertiary/aromatic N) is 2. The van der Waals surface area contributed by atoms with Gasteiger partial charge in [-0.05, 0) is 80.7 Å². The second kappa shape index (κ2) is 8.88. The summed E-state index contributed by atoms with van der Waals surface area (Å²) >= 11 is 0. The molecule has 156 valence electrons. The van der Waals surface area contributed by atoms with Crippen molar-refractivity contribution in [1.29, 1.82) is 0 Å². The number of benzene rings is 2. The number of likely N-dealkylation sites (N-methyl/N-ethyl adjacent to an activating group) is 1. The average molecular weight is 402 g/mol. The van der Waals surface area contributed by atoms with Gasteiger partial charge < -0.3 is 14.8 Å². The molecule has 2 aromatic carbocycles. The smallest absolute Gasteiger partial charge is 0.251 e. The van der Waals surface area contributed by atoms with Gasteiger partial charge in [-0.3, -0.25) is 4.79 Å². The van der Waals surface area contributed by atoms with Crippen molar-refractivity contribution in [3.8, 4) is 16.9 Å². The Balaban J connectivity index is 1.66. The lowest BCUT2D eigenvalue weighted by Gasteiger charge is -2.21. The molecular formula is C26H31N3O. The number of rotatable bonds is 6. The van der Waals surface area contributed by atoms with Crippen LogP contribution < -0.4 is 5.32 Å². The van der Waals surface area contributed by atoms with E-state index >= 15 is 0 Å². The molecule has 0 radical (unpaired) electrons. The maximum Gasteiger partial charge on any atom is 0.251 e. The first-order valence-electron chi connectivity index (χ1n) is 10.8. The summed E-state index contributed by atoms with van der Waals surface area (Å²) in [5.74, 6) is 0.709. The van der Waals surface area contributed by atoms with E-state index in [9.17, 15) is 4.79 Å². The number of carbonyl (C=O) groups is 1. The Hall–Kier alpha value is -2.85. The van der Waals surface area contributed by atoms with Crippen molar-refractivity contribution < 1.29 is 4.79 Å². The Kier molecular flexibility index (Phi) is 6.05. The molecule has 0 fully saturated rings. The molecule has 0 spiro atoms. The van der Waals surface area contributed by atoms with Gasteiger partial charge in [-0.25, -0.2) is 0 Å². The molecule has 1 N–H and O–H groups in total. The molecule has 0 bridgehead atoms. The van der Waals surface area contributed by atoms with Gasteiger partial charge in [0.1, 0.15) is 0 Å². The van der Waals surface area contributed by atoms with E-state index in [0.717, 1.165) is 31.0 Å². The lowest BCUT2D eigenvalue weighted by Crippen LogP contribution is -2.31. The molecule has 4 rings (SSSR count). The Morgan fingerprint density at radius 2 is 1.83 bits per heavy atom. The number of hydrogen-bond donors (Lipinski definition) is 1. The Bertz CT molecular complexity index is 1000. The molecule has 3 aromatic rings. The quantitative estimate of drug-likeness (QED) is 0.657. The second-order valence-electron chi connectivity index (χ2n) is 8.66. The molecule has 30 heavy (non-hydrogen) atoms. The summed E-state index contributed by atoms with van der Waals surface area (Å²) in [6, 6.07) is 21.0. The van der Waals surface area contributed by atoms with E-state index in [2.05, 4.69) is 70.2 Å². The van der Waals surface area contributed by atoms with Gasteiger partial charge in [-0.15, -0.1) is 0 Å². The van der Waals surface area contributed by atoms with E-state index in [1.165, 1.54) is 28.9 Å². The topological polar surface area (TPSA) is 37.3 Å². The molecule has 1 atom stereocenters. The molecule has 1 aliphatic rings. The highest BCUT2D eigenvalue weighted by atomic mass is 16.1. The first-order chi connectivity index (χ1) is 14.5. The Morgan fingerprint density at radius 1 is 1.10 bits per heavy atom. The fourth-order valence-electron chi connectivity index (χ4n) is 4.28. The van der Waals surface area contributed by atoms with Crippen LogP contribution in [0.25, 0.3) is 16.9 Å². The first kappa shape index (κ1) is 20.4. The molecule has 4 nitrogen and oxygen atoms in total. The fourth-order valence-corrected chi connectivity index (χ4v) is 4.28. The van der Waals surface area contributed by atoms with Gasteiger partial charge in [0.25, 0.3) is 5.91 Å². The predicted octanol–water partition coefficient (Wildman–Crippen LogP) is 4.56. The van der Waals surface area contributed by atoms with Gasteiger partial charge in [0.15, 0.2) is 0 Å². The third-order valence-electron chi connectivity index (χ3n) is 5.94. The SMILES string of the molecule is CC1CCc2c(cc(-c3ccccc3)n2-c2ccc(C(=O)NCCN(C)C)cc2)C1. The van der Waals surface area contributed by atoms with Gasteiger partial charge in [0, 0.05) is 30.0 Å². The van der Waals surface area contributed by atoms with Gasteiger partial charge >= 0.3 is 0 Å². The van der Waals surface area contributed by atoms with E-state index in [-0.39, 0.29) is 5.91 Å². The first-order valence-corrected chi connectivity index (χ1v) is 10.8. The van der Waals surface area contributed by atoms with Crippen LogP contribution in [0.15, 0.2) is 60.7 Å². The van der Waals surface area contributed by atoms with Crippen molar-refractivity contribution in [3.63, 3.8) is 0 Å². The van der Waals surface area contributed by atoms with E-state index in [4.69, 9.17) is 0 Å². The third-order valence-corrected chi connectivity index (χ3v) is 5.94. The zero-order valence-corrected chi connectivity index (χ0v) is 18.2. The third kappa shape index (κ3) is 4.34. The molecule has 1 aliphatic carbocycles. The van der Waals surface area contributed by atoms with Crippen molar-refractivity contribution in [2.45, 2.75) is 26.2 Å². The van der Waals surface area contributed by atoms with E-state index in [0.29, 0.717) is 12.1 Å². The zero-order chi connectivity index (χ0) is 21.1. The molecule has 4 heteroatoms. The van der Waals surface area contributed by atoms with Crippen LogP contribution in [0.3, 0.4) is 0 Å². The van der Waals surface area contributed by atoms with Gasteiger partial charge in [-0.1, -0.05) is 37.3 Å². The van der Waals surface area contributed by atoms with Crippen molar-refractivity contribution in [3.05, 3.63) is 77.5 Å². The Labute approximate surface area is 179 Å². The monoisotopic (exact) mass is 401 g/mol. The average Bonchev–Trinajstić information content (AvgIpc) is 3.12. The summed E-state index contributed by atoms with van der Waals surface area (Å²) in [4.78, 5) is 14.5. The number of carbonyl (C=O) groups excluding carboxylic acids is 1. The summed E-state index contributed by atoms with van der Waals surface area (Å²) in [6.45, 7) is 3.82. The molecule has 0 saturated heterocycles. The van der Waals surface area contributed by atoms with Crippen LogP contribution in [0.5, 0.6) is 0 Å². The minimum Gasteiger partial charge on any atom is -0.351 e. The minimum absolute atomic E-state index is 0.0185. The van der Waals surface area contributed by atoms with Crippen molar-refractivity contribution >= 4 is 5.91 Å². The van der Waals surface area contributed by atoms with Gasteiger partial charge in [0.2, 0.25) is 0 Å². The largest absolute Gasteiger partial charge is 0.351 e. The van der Waals surface area contributed by atoms with Gasteiger partial charge in [0.05, 0.1) is 5.69 Å². The summed E-state index contributed by atoms with van der Waals surface area (Å²) in [7, 11) is 4.01. The maximum absolute atomic E-state index is 12.4. The van der Waals surface area contributed by atoms with Crippen LogP contribution in [0.4, 0.5) is 0 Å². The van der Waals surface area contributed by atoms with Crippen molar-refractivity contribution in [1.82, 2.24) is 14.8 Å². The highest BCUT2D eigenvalue weighted by Gasteiger charge is 2.23. The fraction of sp³-hybridized carbons (Fsp3) is 0.346. The number of amides is 1. The van der Waals surface area contributed by atoms with Crippen LogP contribution in [-0.2, 0) is 12.8 Å². The highest BCUT2D eigenvalue weighted by molar-refractivity contribution is 5.94. The van der Waals surface area contributed by atoms with Crippen LogP contribution >= 0.6 is 0 Å². The summed E-state index contributed by atoms with van der Waals surface area (Å²) in [5, 5.41) is 2.99. The van der Waals surface area contributed by atoms with Crippen LogP contribution in [-0.4, -0.2) is 42.6 Å². The van der Waals surface area contributed by atoms with E-state index in [1.54, 1.807) is 0 Å². The maximum atomic E-state index is 12.4. The van der Waals surface area contributed by atoms with Crippen LogP contribution in [0.1, 0.15) is 35.0 Å². The molecule has 1 amide bonds. The number of nitrogens with one attached hydrogen (secondary N) is 1. The standard InChI is InChI=1S/C26H31N3O/c1-19-9-14-24-22(17-19)18-25(20-7-5-4-6-8-20)29(24)23-12-10-21(11-13-23)26(30)27-15-16-28(2)3/h4-8,10-13,18-19H,9,14-17H2,1-3H3,(H,27,30). The molecule has 1 unspecified atom stereocenters. The number of fused-ring (bicyclic) bond motifs is 1. The summed E-state index contributed by atoms with van der Waals surface area (Å²) in [6.07, 6.45) is 3.45. The molecule has 1 aromatic heterocycles. The summed E-state index contributed by atoms with van der Waals surface area (Å²) < 4.78 is 2.39. The van der Waals surface area contributed by atoms with Gasteiger partial charge in [-0.2, -0.15) is 0 Å². The molecule has 0 saturated carbocycles. The molecule has 0 aliphatic heterocycles.